The Morgan fingerprint density at radius 1 is 1.00 bits per heavy atom. The van der Waals surface area contributed by atoms with Crippen LogP contribution in [0.25, 0.3) is 10.8 Å². The molecule has 0 saturated heterocycles. The Balaban J connectivity index is 3.03. The molecule has 8 heteroatoms. The molecule has 0 aliphatic heterocycles. The van der Waals surface area contributed by atoms with Crippen molar-refractivity contribution < 1.29 is 18.1 Å². The molecule has 0 radical (unpaired) electrons. The van der Waals surface area contributed by atoms with E-state index in [1.165, 1.54) is 12.1 Å². The molecule has 0 amide bonds. The molecule has 2 rings (SSSR count). The third-order valence-corrected chi connectivity index (χ3v) is 3.54. The van der Waals surface area contributed by atoms with E-state index in [0.29, 0.717) is 0 Å². The van der Waals surface area contributed by atoms with Gasteiger partial charge in [0.1, 0.15) is 10.6 Å². The molecular formula is C10H11N3O4S. The summed E-state index contributed by atoms with van der Waals surface area (Å²) in [6.07, 6.45) is 0. The van der Waals surface area contributed by atoms with E-state index < -0.39 is 26.5 Å². The number of hydrogen-bond acceptors (Lipinski definition) is 6. The van der Waals surface area contributed by atoms with Gasteiger partial charge < -0.3 is 22.3 Å². The molecule has 2 aromatic carbocycles. The van der Waals surface area contributed by atoms with E-state index in [-0.39, 0.29) is 22.1 Å². The molecule has 0 fully saturated rings. The van der Waals surface area contributed by atoms with E-state index in [4.69, 9.17) is 21.8 Å². The number of phenolic OH excluding ortho intramolecular Hbond substituents is 1. The van der Waals surface area contributed by atoms with Crippen LogP contribution in [0.2, 0.25) is 0 Å². The minimum atomic E-state index is -4.56. The topological polar surface area (TPSA) is 153 Å². The lowest BCUT2D eigenvalue weighted by atomic mass is 10.1. The molecule has 0 saturated carbocycles. The van der Waals surface area contributed by atoms with Crippen molar-refractivity contribution in [2.24, 2.45) is 0 Å². The van der Waals surface area contributed by atoms with Gasteiger partial charge >= 0.3 is 0 Å². The molecule has 0 aliphatic carbocycles. The van der Waals surface area contributed by atoms with Crippen LogP contribution >= 0.6 is 0 Å². The lowest BCUT2D eigenvalue weighted by Crippen LogP contribution is -2.05. The van der Waals surface area contributed by atoms with Crippen molar-refractivity contribution in [2.75, 3.05) is 17.2 Å². The number of fused-ring (bicyclic) bond motifs is 1. The minimum Gasteiger partial charge on any atom is -0.505 e. The first kappa shape index (κ1) is 12.3. The second-order valence-corrected chi connectivity index (χ2v) is 5.17. The van der Waals surface area contributed by atoms with Crippen molar-refractivity contribution in [1.82, 2.24) is 0 Å². The predicted octanol–water partition coefficient (Wildman–Crippen LogP) is 0.539. The van der Waals surface area contributed by atoms with Crippen LogP contribution in [0.1, 0.15) is 0 Å². The van der Waals surface area contributed by atoms with Crippen molar-refractivity contribution >= 4 is 38.0 Å². The van der Waals surface area contributed by atoms with Crippen molar-refractivity contribution in [3.8, 4) is 5.75 Å². The van der Waals surface area contributed by atoms with Crippen LogP contribution in [-0.2, 0) is 10.1 Å². The summed E-state index contributed by atoms with van der Waals surface area (Å²) in [6.45, 7) is 0. The van der Waals surface area contributed by atoms with Gasteiger partial charge in [0.15, 0.2) is 0 Å². The third-order valence-electron chi connectivity index (χ3n) is 2.65. The largest absolute Gasteiger partial charge is 0.505 e. The maximum Gasteiger partial charge on any atom is 0.296 e. The highest BCUT2D eigenvalue weighted by molar-refractivity contribution is 7.86. The first-order chi connectivity index (χ1) is 8.23. The maximum atomic E-state index is 11.1. The molecule has 7 nitrogen and oxygen atoms in total. The maximum absolute atomic E-state index is 11.1. The number of anilines is 3. The smallest absolute Gasteiger partial charge is 0.296 e. The van der Waals surface area contributed by atoms with Gasteiger partial charge in [-0.1, -0.05) is 0 Å². The molecule has 2 aromatic rings. The molecule has 0 atom stereocenters. The van der Waals surface area contributed by atoms with Gasteiger partial charge in [-0.05, 0) is 18.2 Å². The first-order valence-electron chi connectivity index (χ1n) is 4.80. The third kappa shape index (κ3) is 1.67. The molecule has 0 unspecified atom stereocenters. The molecule has 8 N–H and O–H groups in total. The lowest BCUT2D eigenvalue weighted by Gasteiger charge is -2.11. The summed E-state index contributed by atoms with van der Waals surface area (Å²) in [5, 5.41) is 10.3. The van der Waals surface area contributed by atoms with Gasteiger partial charge in [-0.3, -0.25) is 4.55 Å². The molecule has 96 valence electrons. The van der Waals surface area contributed by atoms with Crippen molar-refractivity contribution in [3.05, 3.63) is 18.2 Å². The fraction of sp³-hybridized carbons (Fsp3) is 0. The average Bonchev–Trinajstić information content (AvgIpc) is 2.26. The Morgan fingerprint density at radius 2 is 1.61 bits per heavy atom. The Bertz CT molecular complexity index is 756. The van der Waals surface area contributed by atoms with E-state index in [0.717, 1.165) is 6.07 Å². The van der Waals surface area contributed by atoms with E-state index in [1.807, 2.05) is 0 Å². The van der Waals surface area contributed by atoms with Crippen LogP contribution in [0.5, 0.6) is 5.75 Å². The Kier molecular flexibility index (Phi) is 2.49. The Morgan fingerprint density at radius 3 is 2.17 bits per heavy atom. The summed E-state index contributed by atoms with van der Waals surface area (Å²) in [6, 6.07) is 4.00. The van der Waals surface area contributed by atoms with Crippen LogP contribution in [0.3, 0.4) is 0 Å². The zero-order valence-corrected chi connectivity index (χ0v) is 9.90. The summed E-state index contributed by atoms with van der Waals surface area (Å²) in [5.74, 6) is -0.466. The monoisotopic (exact) mass is 269 g/mol. The number of hydrogen-bond donors (Lipinski definition) is 5. The van der Waals surface area contributed by atoms with Gasteiger partial charge in [0.2, 0.25) is 0 Å². The van der Waals surface area contributed by atoms with Gasteiger partial charge in [0, 0.05) is 10.8 Å². The van der Waals surface area contributed by atoms with Gasteiger partial charge in [0.25, 0.3) is 10.1 Å². The average molecular weight is 269 g/mol. The lowest BCUT2D eigenvalue weighted by molar-refractivity contribution is 0.473. The summed E-state index contributed by atoms with van der Waals surface area (Å²) in [4.78, 5) is -0.607. The molecule has 0 spiro atoms. The Labute approximate surface area is 103 Å². The zero-order chi connectivity index (χ0) is 13.7. The van der Waals surface area contributed by atoms with Gasteiger partial charge in [-0.2, -0.15) is 8.42 Å². The van der Waals surface area contributed by atoms with Crippen LogP contribution < -0.4 is 17.2 Å². The van der Waals surface area contributed by atoms with Crippen LogP contribution in [-0.4, -0.2) is 18.1 Å². The van der Waals surface area contributed by atoms with Crippen LogP contribution in [0.4, 0.5) is 17.1 Å². The van der Waals surface area contributed by atoms with E-state index in [9.17, 15) is 13.5 Å². The molecule has 0 bridgehead atoms. The fourth-order valence-corrected chi connectivity index (χ4v) is 2.34. The number of nitrogens with two attached hydrogens (primary N) is 3. The van der Waals surface area contributed by atoms with Crippen molar-refractivity contribution in [1.29, 1.82) is 0 Å². The van der Waals surface area contributed by atoms with E-state index in [2.05, 4.69) is 0 Å². The minimum absolute atomic E-state index is 0.104. The van der Waals surface area contributed by atoms with Crippen LogP contribution in [0.15, 0.2) is 23.1 Å². The van der Waals surface area contributed by atoms with E-state index in [1.54, 1.807) is 0 Å². The highest BCUT2D eigenvalue weighted by Crippen LogP contribution is 2.39. The standard InChI is InChI=1S/C10H11N3O4S/c11-6-2-1-4-5(8(6)12)3-7(18(15,16)17)9(13)10(4)14/h1-3,14H,11-13H2,(H,15,16,17). The van der Waals surface area contributed by atoms with Gasteiger partial charge in [0.05, 0.1) is 17.1 Å². The second-order valence-electron chi connectivity index (χ2n) is 3.78. The number of nitrogen functional groups attached to an aromatic ring is 3. The second kappa shape index (κ2) is 3.65. The zero-order valence-electron chi connectivity index (χ0n) is 9.08. The summed E-state index contributed by atoms with van der Waals surface area (Å²) >= 11 is 0. The van der Waals surface area contributed by atoms with Crippen molar-refractivity contribution in [2.45, 2.75) is 4.90 Å². The quantitative estimate of drug-likeness (QED) is 0.287. The summed E-state index contributed by atoms with van der Waals surface area (Å²) in [5.41, 5.74) is 16.6. The molecule has 0 heterocycles. The van der Waals surface area contributed by atoms with Crippen molar-refractivity contribution in [3.63, 3.8) is 0 Å². The number of aromatic hydroxyl groups is 1. The van der Waals surface area contributed by atoms with E-state index >= 15 is 0 Å². The Hall–Kier alpha value is -2.19. The van der Waals surface area contributed by atoms with Crippen LogP contribution in [0, 0.1) is 0 Å². The number of benzene rings is 2. The molecule has 18 heavy (non-hydrogen) atoms. The molecule has 0 aromatic heterocycles. The van der Waals surface area contributed by atoms with Gasteiger partial charge in [-0.15, -0.1) is 0 Å². The molecular weight excluding hydrogens is 258 g/mol. The SMILES string of the molecule is Nc1ccc2c(O)c(N)c(S(=O)(=O)O)cc2c1N. The fourth-order valence-electron chi connectivity index (χ4n) is 1.70. The predicted molar refractivity (Wildman–Crippen MR) is 68.7 cm³/mol. The van der Waals surface area contributed by atoms with Gasteiger partial charge in [-0.25, -0.2) is 0 Å². The number of phenols is 1. The first-order valence-corrected chi connectivity index (χ1v) is 6.24. The highest BCUT2D eigenvalue weighted by atomic mass is 32.2. The normalized spacial score (nSPS) is 11.8. The highest BCUT2D eigenvalue weighted by Gasteiger charge is 2.20. The summed E-state index contributed by atoms with van der Waals surface area (Å²) < 4.78 is 31.3. The molecule has 0 aliphatic rings. The summed E-state index contributed by atoms with van der Waals surface area (Å²) in [7, 11) is -4.56. The number of rotatable bonds is 1.